The molecule has 6 nitrogen and oxygen atoms in total. The summed E-state index contributed by atoms with van der Waals surface area (Å²) >= 11 is 5.67. The predicted molar refractivity (Wildman–Crippen MR) is 125 cm³/mol. The summed E-state index contributed by atoms with van der Waals surface area (Å²) in [6, 6.07) is 8.53. The van der Waals surface area contributed by atoms with E-state index >= 15 is 0 Å². The van der Waals surface area contributed by atoms with Crippen LogP contribution in [-0.2, 0) is 29.0 Å². The first-order chi connectivity index (χ1) is 14.0. The molecule has 1 fully saturated rings. The highest BCUT2D eigenvalue weighted by Gasteiger charge is 2.32. The Balaban J connectivity index is 1.86. The van der Waals surface area contributed by atoms with E-state index in [2.05, 4.69) is 56.9 Å². The van der Waals surface area contributed by atoms with Crippen molar-refractivity contribution < 1.29 is 8.42 Å². The summed E-state index contributed by atoms with van der Waals surface area (Å²) in [4.78, 5) is 2.24. The van der Waals surface area contributed by atoms with Crippen LogP contribution in [0, 0.1) is 4.77 Å². The molecule has 0 amide bonds. The normalized spacial score (nSPS) is 18.9. The van der Waals surface area contributed by atoms with Gasteiger partial charge in [-0.15, -0.1) is 0 Å². The van der Waals surface area contributed by atoms with Gasteiger partial charge in [0, 0.05) is 25.2 Å². The van der Waals surface area contributed by atoms with Gasteiger partial charge in [-0.05, 0) is 36.0 Å². The van der Waals surface area contributed by atoms with E-state index in [0.29, 0.717) is 17.9 Å². The largest absolute Gasteiger partial charge is 0.303 e. The fourth-order valence-corrected chi connectivity index (χ4v) is 5.86. The van der Waals surface area contributed by atoms with Crippen LogP contribution < -0.4 is 0 Å². The topological polar surface area (TPSA) is 60.1 Å². The molecule has 1 atom stereocenters. The molecule has 0 saturated carbocycles. The van der Waals surface area contributed by atoms with Crippen LogP contribution >= 0.6 is 12.2 Å². The second kappa shape index (κ2) is 8.93. The Hall–Kier alpha value is -1.51. The molecule has 166 valence electrons. The fraction of sp³-hybridized carbons (Fsp3) is 0.636. The van der Waals surface area contributed by atoms with Crippen LogP contribution in [0.1, 0.15) is 52.5 Å². The number of nitrogens with zero attached hydrogens (tertiary/aromatic N) is 4. The van der Waals surface area contributed by atoms with Crippen molar-refractivity contribution >= 4 is 22.1 Å². The van der Waals surface area contributed by atoms with Gasteiger partial charge in [0.15, 0.2) is 20.4 Å². The van der Waals surface area contributed by atoms with Gasteiger partial charge in [0.25, 0.3) is 0 Å². The molecule has 2 heterocycles. The molecular formula is C22H34N4O2S2. The van der Waals surface area contributed by atoms with Crippen LogP contribution in [0.25, 0.3) is 11.4 Å². The Morgan fingerprint density at radius 3 is 2.43 bits per heavy atom. The van der Waals surface area contributed by atoms with Gasteiger partial charge in [0.05, 0.1) is 18.2 Å². The first-order valence-corrected chi connectivity index (χ1v) is 12.9. The van der Waals surface area contributed by atoms with Gasteiger partial charge in [-0.3, -0.25) is 4.90 Å². The van der Waals surface area contributed by atoms with Crippen LogP contribution in [0.15, 0.2) is 24.3 Å². The van der Waals surface area contributed by atoms with Gasteiger partial charge in [0.2, 0.25) is 0 Å². The van der Waals surface area contributed by atoms with Crippen molar-refractivity contribution in [3.8, 4) is 11.4 Å². The van der Waals surface area contributed by atoms with Gasteiger partial charge in [-0.1, -0.05) is 58.4 Å². The van der Waals surface area contributed by atoms with Crippen molar-refractivity contribution in [2.45, 2.75) is 65.1 Å². The Bertz CT molecular complexity index is 1030. The van der Waals surface area contributed by atoms with Crippen molar-refractivity contribution in [2.24, 2.45) is 7.05 Å². The number of hydrogen-bond donors (Lipinski definition) is 0. The second-order valence-electron chi connectivity index (χ2n) is 9.36. The van der Waals surface area contributed by atoms with Gasteiger partial charge in [-0.2, -0.15) is 5.10 Å². The standard InChI is InChI=1S/C22H34N4O2S2/c1-6-7-13-25(19-12-14-30(27,28)15-19)16-26-21(29)24(5)20(23-26)17-8-10-18(11-9-17)22(2,3)4/h8-11,19H,6-7,12-16H2,1-5H3/t19-/m0/s1. The fourth-order valence-electron chi connectivity index (χ4n) is 3.92. The SMILES string of the molecule is CCCCN(Cn1nc(-c2ccc(C(C)(C)C)cc2)n(C)c1=S)[C@H]1CCS(=O)(=O)C1. The van der Waals surface area contributed by atoms with Crippen LogP contribution in [0.5, 0.6) is 0 Å². The molecule has 0 spiro atoms. The summed E-state index contributed by atoms with van der Waals surface area (Å²) in [7, 11) is -0.993. The molecule has 1 aromatic heterocycles. The number of hydrogen-bond acceptors (Lipinski definition) is 5. The molecule has 2 aromatic rings. The summed E-state index contributed by atoms with van der Waals surface area (Å²) in [5.74, 6) is 1.34. The van der Waals surface area contributed by atoms with Crippen molar-refractivity contribution in [1.29, 1.82) is 0 Å². The third-order valence-electron chi connectivity index (χ3n) is 5.89. The highest BCUT2D eigenvalue weighted by molar-refractivity contribution is 7.91. The minimum absolute atomic E-state index is 0.0416. The lowest BCUT2D eigenvalue weighted by molar-refractivity contribution is 0.152. The molecule has 1 aromatic carbocycles. The lowest BCUT2D eigenvalue weighted by Crippen LogP contribution is -2.38. The number of sulfone groups is 1. The number of aromatic nitrogens is 3. The summed E-state index contributed by atoms with van der Waals surface area (Å²) in [6.45, 7) is 10.1. The number of unbranched alkanes of at least 4 members (excludes halogenated alkanes) is 1. The maximum atomic E-state index is 12.0. The Morgan fingerprint density at radius 1 is 1.23 bits per heavy atom. The number of rotatable bonds is 7. The average molecular weight is 451 g/mol. The number of benzene rings is 1. The van der Waals surface area contributed by atoms with Crippen molar-refractivity contribution in [3.63, 3.8) is 0 Å². The highest BCUT2D eigenvalue weighted by atomic mass is 32.2. The van der Waals surface area contributed by atoms with Crippen LogP contribution in [0.3, 0.4) is 0 Å². The maximum absolute atomic E-state index is 12.0. The molecule has 1 saturated heterocycles. The van der Waals surface area contributed by atoms with Crippen LogP contribution in [0.4, 0.5) is 0 Å². The van der Waals surface area contributed by atoms with E-state index in [-0.39, 0.29) is 23.0 Å². The van der Waals surface area contributed by atoms with Gasteiger partial charge in [-0.25, -0.2) is 13.1 Å². The van der Waals surface area contributed by atoms with Crippen molar-refractivity contribution in [3.05, 3.63) is 34.6 Å². The Kier molecular flexibility index (Phi) is 6.89. The third kappa shape index (κ3) is 5.21. The first kappa shape index (κ1) is 23.2. The van der Waals surface area contributed by atoms with Gasteiger partial charge in [0.1, 0.15) is 0 Å². The van der Waals surface area contributed by atoms with E-state index in [9.17, 15) is 8.42 Å². The molecular weight excluding hydrogens is 416 g/mol. The lowest BCUT2D eigenvalue weighted by Gasteiger charge is -2.27. The third-order valence-corrected chi connectivity index (χ3v) is 8.12. The molecule has 0 unspecified atom stereocenters. The molecule has 1 aliphatic heterocycles. The first-order valence-electron chi connectivity index (χ1n) is 10.7. The zero-order chi connectivity index (χ0) is 22.1. The minimum atomic E-state index is -2.93. The molecule has 1 aliphatic rings. The van der Waals surface area contributed by atoms with E-state index in [1.807, 2.05) is 16.3 Å². The summed E-state index contributed by atoms with van der Waals surface area (Å²) in [5.41, 5.74) is 2.41. The molecule has 0 radical (unpaired) electrons. The van der Waals surface area contributed by atoms with Gasteiger partial charge >= 0.3 is 0 Å². The zero-order valence-corrected chi connectivity index (χ0v) is 20.4. The van der Waals surface area contributed by atoms with E-state index < -0.39 is 9.84 Å². The maximum Gasteiger partial charge on any atom is 0.199 e. The summed E-state index contributed by atoms with van der Waals surface area (Å²) < 4.78 is 28.4. The molecule has 0 aliphatic carbocycles. The lowest BCUT2D eigenvalue weighted by atomic mass is 9.87. The average Bonchev–Trinajstić information content (AvgIpc) is 3.18. The Morgan fingerprint density at radius 2 is 1.90 bits per heavy atom. The van der Waals surface area contributed by atoms with Crippen LogP contribution in [-0.4, -0.2) is 51.8 Å². The van der Waals surface area contributed by atoms with E-state index in [1.54, 1.807) is 0 Å². The smallest absolute Gasteiger partial charge is 0.199 e. The summed E-state index contributed by atoms with van der Waals surface area (Å²) in [5, 5.41) is 4.81. The minimum Gasteiger partial charge on any atom is -0.303 e. The van der Waals surface area contributed by atoms with Crippen molar-refractivity contribution in [1.82, 2.24) is 19.2 Å². The quantitative estimate of drug-likeness (QED) is 0.593. The van der Waals surface area contributed by atoms with Crippen molar-refractivity contribution in [2.75, 3.05) is 18.1 Å². The molecule has 30 heavy (non-hydrogen) atoms. The molecule has 3 rings (SSSR count). The van der Waals surface area contributed by atoms with Crippen LogP contribution in [0.2, 0.25) is 0 Å². The molecule has 8 heteroatoms. The zero-order valence-electron chi connectivity index (χ0n) is 18.8. The Labute approximate surface area is 185 Å². The van der Waals surface area contributed by atoms with E-state index in [4.69, 9.17) is 17.3 Å². The monoisotopic (exact) mass is 450 g/mol. The highest BCUT2D eigenvalue weighted by Crippen LogP contribution is 2.26. The second-order valence-corrected chi connectivity index (χ2v) is 12.0. The predicted octanol–water partition coefficient (Wildman–Crippen LogP) is 4.16. The summed E-state index contributed by atoms with van der Waals surface area (Å²) in [6.07, 6.45) is 2.78. The molecule has 0 N–H and O–H groups in total. The van der Waals surface area contributed by atoms with E-state index in [0.717, 1.165) is 30.8 Å². The molecule has 0 bridgehead atoms. The van der Waals surface area contributed by atoms with Gasteiger partial charge < -0.3 is 4.57 Å². The van der Waals surface area contributed by atoms with E-state index in [1.165, 1.54) is 5.56 Å².